The van der Waals surface area contributed by atoms with Crippen LogP contribution in [0.1, 0.15) is 42.5 Å². The molecule has 3 aliphatic heterocycles. The second-order valence-electron chi connectivity index (χ2n) is 12.0. The lowest BCUT2D eigenvalue weighted by Gasteiger charge is -2.41. The number of esters is 3. The summed E-state index contributed by atoms with van der Waals surface area (Å²) < 4.78 is 86.2. The summed E-state index contributed by atoms with van der Waals surface area (Å²) in [5.74, 6) is -3.36. The number of benzene rings is 3. The van der Waals surface area contributed by atoms with Gasteiger partial charge in [0, 0.05) is 18.7 Å². The monoisotopic (exact) mass is 736 g/mol. The number of aliphatic imine (C=N–C) groups is 1. The highest BCUT2D eigenvalue weighted by Crippen LogP contribution is 2.59. The predicted octanol–water partition coefficient (Wildman–Crippen LogP) is 4.85. The Balaban J connectivity index is 1.66. The zero-order valence-electron chi connectivity index (χ0n) is 28.0. The van der Waals surface area contributed by atoms with Crippen molar-refractivity contribution in [3.8, 4) is 6.07 Å². The van der Waals surface area contributed by atoms with E-state index in [0.29, 0.717) is 38.8 Å². The summed E-state index contributed by atoms with van der Waals surface area (Å²) in [6.07, 6.45) is -5.10. The molecule has 3 heterocycles. The highest BCUT2D eigenvalue weighted by Gasteiger charge is 2.70. The van der Waals surface area contributed by atoms with Gasteiger partial charge in [-0.05, 0) is 67.4 Å². The molecule has 4 atom stereocenters. The van der Waals surface area contributed by atoms with Crippen molar-refractivity contribution in [2.24, 2.45) is 4.99 Å². The average molecular weight is 737 g/mol. The van der Waals surface area contributed by atoms with Gasteiger partial charge in [-0.25, -0.2) is 19.4 Å². The number of amidine groups is 1. The molecule has 3 aromatic carbocycles. The minimum atomic E-state index is -4.92. The van der Waals surface area contributed by atoms with E-state index in [-0.39, 0.29) is 37.6 Å². The summed E-state index contributed by atoms with van der Waals surface area (Å²) in [6, 6.07) is 15.4. The molecule has 3 aromatic rings. The molecule has 0 bridgehead atoms. The maximum absolute atomic E-state index is 14.6. The molecule has 12 nitrogen and oxygen atoms in total. The fourth-order valence-corrected chi connectivity index (χ4v) is 8.78. The molecular formula is C36H31F3N4O8S. The number of fused-ring (bicyclic) bond motifs is 1. The van der Waals surface area contributed by atoms with E-state index in [1.165, 1.54) is 6.92 Å². The number of rotatable bonds is 9. The van der Waals surface area contributed by atoms with Crippen LogP contribution in [-0.2, 0) is 61.3 Å². The third kappa shape index (κ3) is 5.79. The van der Waals surface area contributed by atoms with Gasteiger partial charge in [-0.3, -0.25) is 0 Å². The van der Waals surface area contributed by atoms with E-state index in [9.17, 15) is 41.6 Å². The number of methoxy groups -OCH3 is 1. The second kappa shape index (κ2) is 13.5. The number of alkyl halides is 3. The smallest absolute Gasteiger partial charge is 0.416 e. The Kier molecular flexibility index (Phi) is 9.45. The van der Waals surface area contributed by atoms with Crippen molar-refractivity contribution in [2.75, 3.05) is 25.2 Å². The quantitative estimate of drug-likeness (QED) is 0.169. The minimum Gasteiger partial charge on any atom is -0.588 e. The Hall–Kier alpha value is -5.53. The minimum absolute atomic E-state index is 0.0655. The zero-order chi connectivity index (χ0) is 37.6. The molecule has 270 valence electrons. The van der Waals surface area contributed by atoms with Crippen LogP contribution in [0, 0.1) is 11.3 Å². The van der Waals surface area contributed by atoms with Crippen molar-refractivity contribution in [3.63, 3.8) is 0 Å². The summed E-state index contributed by atoms with van der Waals surface area (Å²) in [7, 11) is -3.87. The number of anilines is 1. The normalized spacial score (nSPS) is 21.6. The topological polar surface area (TPSA) is 162 Å². The summed E-state index contributed by atoms with van der Waals surface area (Å²) in [5, 5.41) is 9.37. The molecule has 0 saturated carbocycles. The average Bonchev–Trinajstić information content (AvgIpc) is 3.63. The highest BCUT2D eigenvalue weighted by atomic mass is 32.3. The Morgan fingerprint density at radius 1 is 1.00 bits per heavy atom. The van der Waals surface area contributed by atoms with Gasteiger partial charge in [0.15, 0.2) is 32.9 Å². The molecular weight excluding hydrogens is 705 g/mol. The SMILES string of the molecule is CCOC(=O)C1=C(C(=O)OCC)C2N(Cc3ccc(C#N)cc3)c3ccccc3[C@@]23C[C@@H](C(=O)OC)N([S+](=O)([O-])c2ccc(C(F)(F)F)cc2)C3=N1. The first-order chi connectivity index (χ1) is 24.7. The lowest BCUT2D eigenvalue weighted by molar-refractivity contribution is -0.144. The lowest BCUT2D eigenvalue weighted by Crippen LogP contribution is -2.56. The number of para-hydroxylation sites is 1. The van der Waals surface area contributed by atoms with Crippen molar-refractivity contribution in [3.05, 3.63) is 106 Å². The summed E-state index contributed by atoms with van der Waals surface area (Å²) >= 11 is 0. The first kappa shape index (κ1) is 36.3. The van der Waals surface area contributed by atoms with E-state index < -0.39 is 68.1 Å². The van der Waals surface area contributed by atoms with Crippen LogP contribution in [0.4, 0.5) is 18.9 Å². The largest absolute Gasteiger partial charge is 0.588 e. The number of sulfonamides is 1. The number of carbonyl (C=O) groups is 3. The molecule has 0 amide bonds. The first-order valence-corrected chi connectivity index (χ1v) is 17.5. The van der Waals surface area contributed by atoms with Crippen LogP contribution in [0.25, 0.3) is 0 Å². The van der Waals surface area contributed by atoms with Gasteiger partial charge in [0.25, 0.3) is 0 Å². The molecule has 0 aliphatic carbocycles. The third-order valence-corrected chi connectivity index (χ3v) is 11.0. The summed E-state index contributed by atoms with van der Waals surface area (Å²) in [6.45, 7) is 2.91. The Morgan fingerprint density at radius 2 is 1.63 bits per heavy atom. The summed E-state index contributed by atoms with van der Waals surface area (Å²) in [5.41, 5.74) is -1.51. The van der Waals surface area contributed by atoms with E-state index in [1.54, 1.807) is 60.4 Å². The van der Waals surface area contributed by atoms with Crippen molar-refractivity contribution in [1.82, 2.24) is 4.31 Å². The molecule has 2 unspecified atom stereocenters. The van der Waals surface area contributed by atoms with Gasteiger partial charge in [0.2, 0.25) is 0 Å². The van der Waals surface area contributed by atoms with Gasteiger partial charge in [-0.1, -0.05) is 34.5 Å². The van der Waals surface area contributed by atoms with Crippen molar-refractivity contribution >= 4 is 39.8 Å². The number of halogens is 3. The molecule has 1 saturated heterocycles. The van der Waals surface area contributed by atoms with Crippen LogP contribution >= 0.6 is 0 Å². The van der Waals surface area contributed by atoms with E-state index in [4.69, 9.17) is 14.2 Å². The summed E-state index contributed by atoms with van der Waals surface area (Å²) in [4.78, 5) is 47.1. The fraction of sp³-hybridized carbons (Fsp3) is 0.306. The van der Waals surface area contributed by atoms with Gasteiger partial charge in [0.05, 0.1) is 54.5 Å². The molecule has 1 spiro atoms. The van der Waals surface area contributed by atoms with Gasteiger partial charge < -0.3 is 23.7 Å². The maximum Gasteiger partial charge on any atom is 0.416 e. The maximum atomic E-state index is 14.6. The standard InChI is InChI=1S/C36H31F3N4O8S/c1-4-50-32(45)28-29(33(46)51-5-2)41-34-35(25-8-6-7-9-26(25)42(30(28)35)20-22-12-10-21(19-40)11-13-22)18-27(31(44)49-3)43(34)52(47,48)24-16-14-23(15-17-24)36(37,38)39/h6-17,27,30H,4-5,18,20H2,1-3H3/t27-,30?,35-/m0/s1. The Morgan fingerprint density at radius 3 is 2.23 bits per heavy atom. The van der Waals surface area contributed by atoms with Gasteiger partial charge >= 0.3 is 24.1 Å². The number of ether oxygens (including phenoxy) is 3. The highest BCUT2D eigenvalue weighted by molar-refractivity contribution is 7.96. The van der Waals surface area contributed by atoms with E-state index >= 15 is 0 Å². The van der Waals surface area contributed by atoms with Crippen LogP contribution in [0.15, 0.2) is 94.0 Å². The molecule has 0 aromatic heterocycles. The van der Waals surface area contributed by atoms with Crippen LogP contribution in [0.2, 0.25) is 0 Å². The number of hydrogen-bond donors (Lipinski definition) is 0. The Labute approximate surface area is 297 Å². The molecule has 52 heavy (non-hydrogen) atoms. The second-order valence-corrected chi connectivity index (χ2v) is 13.8. The molecule has 16 heteroatoms. The first-order valence-electron chi connectivity index (χ1n) is 16.1. The lowest BCUT2D eigenvalue weighted by atomic mass is 9.69. The van der Waals surface area contributed by atoms with E-state index in [0.717, 1.165) is 19.2 Å². The van der Waals surface area contributed by atoms with Gasteiger partial charge in [0.1, 0.15) is 0 Å². The van der Waals surface area contributed by atoms with Gasteiger partial charge in [-0.2, -0.15) is 22.7 Å². The van der Waals surface area contributed by atoms with Crippen molar-refractivity contribution < 1.29 is 50.5 Å². The van der Waals surface area contributed by atoms with Crippen molar-refractivity contribution in [2.45, 2.75) is 55.4 Å². The van der Waals surface area contributed by atoms with Crippen LogP contribution in [-0.4, -0.2) is 65.0 Å². The molecule has 3 aliphatic rings. The molecule has 6 rings (SSSR count). The van der Waals surface area contributed by atoms with Crippen LogP contribution < -0.4 is 4.90 Å². The van der Waals surface area contributed by atoms with E-state index in [1.807, 2.05) is 0 Å². The van der Waals surface area contributed by atoms with Gasteiger partial charge in [-0.15, -0.1) is 0 Å². The predicted molar refractivity (Wildman–Crippen MR) is 178 cm³/mol. The molecule has 0 N–H and O–H groups in total. The molecule has 1 fully saturated rings. The third-order valence-electron chi connectivity index (χ3n) is 9.24. The number of nitriles is 1. The number of nitrogens with zero attached hydrogens (tertiary/aromatic N) is 4. The Bertz CT molecular complexity index is 2100. The van der Waals surface area contributed by atoms with Crippen LogP contribution in [0.5, 0.6) is 0 Å². The zero-order valence-corrected chi connectivity index (χ0v) is 28.8. The van der Waals surface area contributed by atoms with E-state index in [2.05, 4.69) is 11.1 Å². The van der Waals surface area contributed by atoms with Crippen LogP contribution in [0.3, 0.4) is 0 Å². The number of carbonyl (C=O) groups excluding carboxylic acids is 3. The fourth-order valence-electron chi connectivity index (χ4n) is 7.14. The number of hydrogen-bond acceptors (Lipinski definition) is 11. The van der Waals surface area contributed by atoms with Crippen molar-refractivity contribution in [1.29, 1.82) is 5.26 Å². The molecule has 0 radical (unpaired) electrons.